The average molecular weight is 576 g/mol. The lowest BCUT2D eigenvalue weighted by molar-refractivity contribution is -0.134. The van der Waals surface area contributed by atoms with E-state index >= 15 is 0 Å². The fourth-order valence-electron chi connectivity index (χ4n) is 8.74. The molecule has 6 nitrogen and oxygen atoms in total. The molecule has 1 saturated carbocycles. The summed E-state index contributed by atoms with van der Waals surface area (Å²) >= 11 is 0. The maximum atomic E-state index is 13.5. The van der Waals surface area contributed by atoms with Crippen LogP contribution in [-0.2, 0) is 23.1 Å². The van der Waals surface area contributed by atoms with Gasteiger partial charge in [-0.1, -0.05) is 48.4 Å². The van der Waals surface area contributed by atoms with Gasteiger partial charge in [0.1, 0.15) is 6.10 Å². The second kappa shape index (κ2) is 10.6. The fourth-order valence-corrected chi connectivity index (χ4v) is 8.74. The standard InChI is InChI=1S/C37H41N3O3/c1-24-9-8-12-26(21-24)13-16-33(42)39(4)29-15-14-28-31-22-27-30(38(2)3)23-32(41)35-34(27)37(28,36(29)43-35)18-20-40(31)19-17-25-10-6-5-7-11-25/h5-12,21,23,28-29,31,36,41H,14-15,17-20,22H2,1-4H3/t28-,29+,31+,36-,37-/m0/s1. The number of anilines is 1. The number of amides is 1. The minimum atomic E-state index is -0.234. The van der Waals surface area contributed by atoms with E-state index in [-0.39, 0.29) is 29.2 Å². The number of carbonyl (C=O) groups excluding carboxylic acids is 1. The lowest BCUT2D eigenvalue weighted by atomic mass is 9.50. The Bertz CT molecular complexity index is 1620. The Morgan fingerprint density at radius 1 is 1.09 bits per heavy atom. The Hall–Kier alpha value is -3.95. The van der Waals surface area contributed by atoms with Gasteiger partial charge >= 0.3 is 0 Å². The molecule has 7 rings (SSSR count). The summed E-state index contributed by atoms with van der Waals surface area (Å²) in [5, 5.41) is 11.3. The Morgan fingerprint density at radius 3 is 2.67 bits per heavy atom. The zero-order valence-corrected chi connectivity index (χ0v) is 25.6. The quantitative estimate of drug-likeness (QED) is 0.438. The van der Waals surface area contributed by atoms with E-state index in [1.165, 1.54) is 16.7 Å². The van der Waals surface area contributed by atoms with Crippen LogP contribution in [0.1, 0.15) is 47.1 Å². The molecule has 0 unspecified atom stereocenters. The normalized spacial score (nSPS) is 26.5. The maximum Gasteiger partial charge on any atom is 0.298 e. The number of piperidine rings is 1. The highest BCUT2D eigenvalue weighted by Crippen LogP contribution is 2.65. The van der Waals surface area contributed by atoms with Gasteiger partial charge in [0.25, 0.3) is 5.91 Å². The lowest BCUT2D eigenvalue weighted by Crippen LogP contribution is -2.69. The van der Waals surface area contributed by atoms with E-state index in [0.29, 0.717) is 17.7 Å². The molecule has 0 radical (unpaired) electrons. The van der Waals surface area contributed by atoms with E-state index in [9.17, 15) is 9.90 Å². The van der Waals surface area contributed by atoms with E-state index in [1.54, 1.807) is 0 Å². The van der Waals surface area contributed by atoms with Crippen LogP contribution in [-0.4, -0.2) is 73.2 Å². The van der Waals surface area contributed by atoms with Crippen molar-refractivity contribution >= 4 is 11.6 Å². The number of benzene rings is 3. The number of likely N-dealkylation sites (N-methyl/N-ethyl adjacent to an activating group) is 1. The molecule has 2 fully saturated rings. The number of nitrogens with zero attached hydrogens (tertiary/aromatic N) is 3. The highest BCUT2D eigenvalue weighted by Gasteiger charge is 2.66. The molecule has 1 spiro atoms. The molecule has 2 heterocycles. The SMILES string of the molecule is Cc1cccc(C#CC(=O)N(C)[C@@H]2CC[C@H]3[C@H]4Cc5c(N(C)C)cc(O)c6c5[C@@]3(CCN4CCc3ccccc3)[C@H]2O6)c1. The van der Waals surface area contributed by atoms with Gasteiger partial charge in [0, 0.05) is 67.9 Å². The van der Waals surface area contributed by atoms with Gasteiger partial charge in [-0.05, 0) is 80.3 Å². The smallest absolute Gasteiger partial charge is 0.298 e. The number of aromatic hydroxyl groups is 1. The molecular formula is C37H41N3O3. The first-order chi connectivity index (χ1) is 20.8. The number of aryl methyl sites for hydroxylation is 1. The predicted molar refractivity (Wildman–Crippen MR) is 170 cm³/mol. The van der Waals surface area contributed by atoms with Crippen molar-refractivity contribution in [1.82, 2.24) is 9.80 Å². The molecule has 222 valence electrons. The van der Waals surface area contributed by atoms with Gasteiger partial charge in [-0.3, -0.25) is 9.69 Å². The Kier molecular flexibility index (Phi) is 6.90. The molecule has 43 heavy (non-hydrogen) atoms. The molecule has 1 saturated heterocycles. The fraction of sp³-hybridized carbons (Fsp3) is 0.432. The Labute approximate surface area is 255 Å². The Balaban J connectivity index is 1.24. The summed E-state index contributed by atoms with van der Waals surface area (Å²) in [4.78, 5) is 20.2. The van der Waals surface area contributed by atoms with Gasteiger partial charge in [0.2, 0.25) is 0 Å². The molecule has 3 aromatic carbocycles. The maximum absolute atomic E-state index is 13.5. The number of phenolic OH excluding ortho intramolecular Hbond substituents is 1. The number of carbonyl (C=O) groups is 1. The van der Waals surface area contributed by atoms with Crippen LogP contribution < -0.4 is 9.64 Å². The van der Waals surface area contributed by atoms with E-state index in [0.717, 1.165) is 62.0 Å². The molecule has 0 aromatic heterocycles. The summed E-state index contributed by atoms with van der Waals surface area (Å²) in [5.74, 6) is 7.06. The van der Waals surface area contributed by atoms with Gasteiger partial charge in [-0.25, -0.2) is 0 Å². The van der Waals surface area contributed by atoms with Gasteiger partial charge in [-0.2, -0.15) is 0 Å². The van der Waals surface area contributed by atoms with Crippen LogP contribution in [0, 0.1) is 24.7 Å². The summed E-state index contributed by atoms with van der Waals surface area (Å²) in [7, 11) is 5.99. The highest BCUT2D eigenvalue weighted by molar-refractivity contribution is 5.94. The molecule has 1 N–H and O–H groups in total. The van der Waals surface area contributed by atoms with E-state index in [1.807, 2.05) is 49.2 Å². The molecular weight excluding hydrogens is 534 g/mol. The predicted octanol–water partition coefficient (Wildman–Crippen LogP) is 4.93. The summed E-state index contributed by atoms with van der Waals surface area (Å²) in [6, 6.07) is 20.9. The molecule has 6 heteroatoms. The molecule has 2 aliphatic carbocycles. The molecule has 4 aliphatic rings. The van der Waals surface area contributed by atoms with Crippen molar-refractivity contribution in [2.45, 2.75) is 62.6 Å². The molecule has 2 aliphatic heterocycles. The van der Waals surface area contributed by atoms with Crippen LogP contribution in [0.4, 0.5) is 5.69 Å². The van der Waals surface area contributed by atoms with Crippen molar-refractivity contribution in [2.24, 2.45) is 5.92 Å². The van der Waals surface area contributed by atoms with Crippen LogP contribution in [0.3, 0.4) is 0 Å². The van der Waals surface area contributed by atoms with Crippen LogP contribution in [0.2, 0.25) is 0 Å². The topological polar surface area (TPSA) is 56.2 Å². The first-order valence-electron chi connectivity index (χ1n) is 15.6. The van der Waals surface area contributed by atoms with Gasteiger partial charge in [0.05, 0.1) is 6.04 Å². The van der Waals surface area contributed by atoms with Crippen LogP contribution in [0.5, 0.6) is 11.5 Å². The minimum absolute atomic E-state index is 0.118. The monoisotopic (exact) mass is 575 g/mol. The minimum Gasteiger partial charge on any atom is -0.504 e. The molecule has 2 bridgehead atoms. The Morgan fingerprint density at radius 2 is 1.91 bits per heavy atom. The van der Waals surface area contributed by atoms with Crippen LogP contribution in [0.15, 0.2) is 60.7 Å². The van der Waals surface area contributed by atoms with Gasteiger partial charge in [0.15, 0.2) is 11.5 Å². The second-order valence-electron chi connectivity index (χ2n) is 13.2. The first kappa shape index (κ1) is 27.9. The van der Waals surface area contributed by atoms with Crippen molar-refractivity contribution in [2.75, 3.05) is 39.1 Å². The van der Waals surface area contributed by atoms with E-state index < -0.39 is 0 Å². The average Bonchev–Trinajstić information content (AvgIpc) is 3.35. The third-order valence-electron chi connectivity index (χ3n) is 10.7. The van der Waals surface area contributed by atoms with Gasteiger partial charge in [-0.15, -0.1) is 0 Å². The van der Waals surface area contributed by atoms with Crippen molar-refractivity contribution in [1.29, 1.82) is 0 Å². The van der Waals surface area contributed by atoms with Crippen LogP contribution >= 0.6 is 0 Å². The number of rotatable bonds is 5. The number of ether oxygens (including phenoxy) is 1. The summed E-state index contributed by atoms with van der Waals surface area (Å²) in [5.41, 5.74) is 6.69. The van der Waals surface area contributed by atoms with Crippen molar-refractivity contribution in [3.8, 4) is 23.3 Å². The summed E-state index contributed by atoms with van der Waals surface area (Å²) in [6.07, 6.45) is 4.61. The molecule has 1 amide bonds. The largest absolute Gasteiger partial charge is 0.504 e. The number of likely N-dealkylation sites (tertiary alicyclic amines) is 1. The molecule has 3 aromatic rings. The van der Waals surface area contributed by atoms with E-state index in [2.05, 4.69) is 66.1 Å². The summed E-state index contributed by atoms with van der Waals surface area (Å²) in [6.45, 7) is 4.04. The van der Waals surface area contributed by atoms with E-state index in [4.69, 9.17) is 4.74 Å². The first-order valence-corrected chi connectivity index (χ1v) is 15.6. The number of hydrogen-bond acceptors (Lipinski definition) is 5. The van der Waals surface area contributed by atoms with Gasteiger partial charge < -0.3 is 19.6 Å². The summed E-state index contributed by atoms with van der Waals surface area (Å²) < 4.78 is 6.84. The van der Waals surface area contributed by atoms with Crippen molar-refractivity contribution in [3.63, 3.8) is 0 Å². The van der Waals surface area contributed by atoms with Crippen LogP contribution in [0.25, 0.3) is 0 Å². The zero-order valence-electron chi connectivity index (χ0n) is 25.6. The van der Waals surface area contributed by atoms with Crippen molar-refractivity contribution < 1.29 is 14.6 Å². The second-order valence-corrected chi connectivity index (χ2v) is 13.2. The zero-order chi connectivity index (χ0) is 29.9. The third-order valence-corrected chi connectivity index (χ3v) is 10.7. The lowest BCUT2D eigenvalue weighted by Gasteiger charge is -2.60. The van der Waals surface area contributed by atoms with Crippen molar-refractivity contribution in [3.05, 3.63) is 88.5 Å². The number of hydrogen-bond donors (Lipinski definition) is 1. The number of phenols is 1. The third kappa shape index (κ3) is 4.48. The molecule has 5 atom stereocenters. The highest BCUT2D eigenvalue weighted by atomic mass is 16.5.